The summed E-state index contributed by atoms with van der Waals surface area (Å²) in [5, 5.41) is 10.1. The zero-order chi connectivity index (χ0) is 20.4. The summed E-state index contributed by atoms with van der Waals surface area (Å²) in [6.45, 7) is 0.552. The third-order valence-electron chi connectivity index (χ3n) is 5.52. The Morgan fingerprint density at radius 3 is 2.66 bits per heavy atom. The fraction of sp³-hybridized carbons (Fsp3) is 0.304. The molecule has 2 atom stereocenters. The Hall–Kier alpha value is -2.24. The molecular formula is C23H22ClNO3S. The van der Waals surface area contributed by atoms with E-state index in [1.54, 1.807) is 36.0 Å². The van der Waals surface area contributed by atoms with Crippen LogP contribution in [0.4, 0.5) is 0 Å². The van der Waals surface area contributed by atoms with E-state index in [1.165, 1.54) is 6.42 Å². The number of hydrogen-bond acceptors (Lipinski definition) is 3. The number of rotatable bonds is 4. The fourth-order valence-electron chi connectivity index (χ4n) is 4.07. The lowest BCUT2D eigenvalue weighted by Gasteiger charge is -2.44. The minimum atomic E-state index is -0.954. The van der Waals surface area contributed by atoms with Crippen molar-refractivity contribution in [1.82, 2.24) is 4.90 Å². The number of thioether (sulfide) groups is 1. The van der Waals surface area contributed by atoms with E-state index in [2.05, 4.69) is 0 Å². The van der Waals surface area contributed by atoms with Gasteiger partial charge in [0, 0.05) is 22.9 Å². The van der Waals surface area contributed by atoms with Crippen molar-refractivity contribution in [2.24, 2.45) is 0 Å². The average Bonchev–Trinajstić information content (AvgIpc) is 2.71. The Morgan fingerprint density at radius 2 is 1.93 bits per heavy atom. The monoisotopic (exact) mass is 427 g/mol. The minimum Gasteiger partial charge on any atom is -0.478 e. The molecule has 0 aromatic heterocycles. The molecule has 1 saturated carbocycles. The largest absolute Gasteiger partial charge is 0.478 e. The van der Waals surface area contributed by atoms with Crippen molar-refractivity contribution in [1.29, 1.82) is 0 Å². The van der Waals surface area contributed by atoms with E-state index in [9.17, 15) is 9.59 Å². The van der Waals surface area contributed by atoms with Gasteiger partial charge in [-0.15, -0.1) is 11.8 Å². The molecule has 4 rings (SSSR count). The van der Waals surface area contributed by atoms with Crippen molar-refractivity contribution >= 4 is 41.3 Å². The van der Waals surface area contributed by atoms with Crippen LogP contribution in [-0.4, -0.2) is 33.2 Å². The highest BCUT2D eigenvalue weighted by atomic mass is 35.5. The quantitative estimate of drug-likeness (QED) is 0.657. The van der Waals surface area contributed by atoms with Gasteiger partial charge >= 0.3 is 5.97 Å². The van der Waals surface area contributed by atoms with Crippen LogP contribution >= 0.6 is 23.4 Å². The fourth-order valence-corrected chi connectivity index (χ4v) is 5.75. The van der Waals surface area contributed by atoms with Crippen LogP contribution in [0.3, 0.4) is 0 Å². The molecule has 1 saturated heterocycles. The normalized spacial score (nSPS) is 23.1. The maximum atomic E-state index is 13.4. The first-order chi connectivity index (χ1) is 14.0. The van der Waals surface area contributed by atoms with Crippen LogP contribution in [0.5, 0.6) is 0 Å². The first-order valence-electron chi connectivity index (χ1n) is 9.78. The number of nitrogens with zero attached hydrogens (tertiary/aromatic N) is 1. The van der Waals surface area contributed by atoms with Gasteiger partial charge in [-0.25, -0.2) is 4.79 Å². The second kappa shape index (κ2) is 8.64. The maximum Gasteiger partial charge on any atom is 0.335 e. The van der Waals surface area contributed by atoms with Crippen LogP contribution < -0.4 is 0 Å². The maximum absolute atomic E-state index is 13.4. The molecule has 150 valence electrons. The van der Waals surface area contributed by atoms with E-state index < -0.39 is 5.97 Å². The van der Waals surface area contributed by atoms with E-state index in [1.807, 2.05) is 35.2 Å². The third-order valence-corrected chi connectivity index (χ3v) is 7.15. The summed E-state index contributed by atoms with van der Waals surface area (Å²) < 4.78 is 0. The highest BCUT2D eigenvalue weighted by Crippen LogP contribution is 2.42. The molecule has 1 amide bonds. The van der Waals surface area contributed by atoms with Crippen LogP contribution in [0.1, 0.15) is 47.2 Å². The summed E-state index contributed by atoms with van der Waals surface area (Å²) >= 11 is 7.82. The molecular weight excluding hydrogens is 406 g/mol. The van der Waals surface area contributed by atoms with Gasteiger partial charge < -0.3 is 10.0 Å². The summed E-state index contributed by atoms with van der Waals surface area (Å²) in [5.41, 5.74) is 2.11. The molecule has 2 aromatic rings. The Labute approximate surface area is 179 Å². The lowest BCUT2D eigenvalue weighted by Crippen LogP contribution is -2.50. The number of carboxylic acid groups (broad SMARTS) is 1. The lowest BCUT2D eigenvalue weighted by molar-refractivity contribution is -0.130. The van der Waals surface area contributed by atoms with Crippen molar-refractivity contribution in [3.05, 3.63) is 75.1 Å². The number of benzene rings is 2. The Morgan fingerprint density at radius 1 is 1.17 bits per heavy atom. The van der Waals surface area contributed by atoms with Crippen LogP contribution in [0.2, 0.25) is 5.02 Å². The number of carbonyl (C=O) groups is 2. The number of hydrogen-bond donors (Lipinski definition) is 1. The number of carbonyl (C=O) groups excluding carboxylic acids is 1. The van der Waals surface area contributed by atoms with Gasteiger partial charge in [0.15, 0.2) is 0 Å². The van der Waals surface area contributed by atoms with Crippen LogP contribution in [0, 0.1) is 0 Å². The number of halogens is 1. The van der Waals surface area contributed by atoms with Crippen molar-refractivity contribution < 1.29 is 14.7 Å². The smallest absolute Gasteiger partial charge is 0.335 e. The van der Waals surface area contributed by atoms with E-state index in [-0.39, 0.29) is 17.5 Å². The Balaban J connectivity index is 1.63. The van der Waals surface area contributed by atoms with E-state index >= 15 is 0 Å². The second-order valence-electron chi connectivity index (χ2n) is 7.51. The minimum absolute atomic E-state index is 0.0421. The second-order valence-corrected chi connectivity index (χ2v) is 9.22. The standard InChI is InChI=1S/C23H22ClNO3S/c24-18-5-3-4-16(12-18)14-25-19-6-1-2-7-20(19)29-21(22(25)26)13-15-8-10-17(11-9-15)23(27)28/h3-5,8-13,19-20H,1-2,6-7,14H2,(H,27,28)/b21-13-. The number of amides is 1. The van der Waals surface area contributed by atoms with E-state index in [0.29, 0.717) is 16.8 Å². The molecule has 29 heavy (non-hydrogen) atoms. The van der Waals surface area contributed by atoms with Gasteiger partial charge in [-0.05, 0) is 54.3 Å². The predicted octanol–water partition coefficient (Wildman–Crippen LogP) is 5.47. The SMILES string of the molecule is O=C(O)c1ccc(/C=C2\SC3CCCCC3N(Cc3cccc(Cl)c3)C2=O)cc1. The highest BCUT2D eigenvalue weighted by Gasteiger charge is 2.40. The van der Waals surface area contributed by atoms with Gasteiger partial charge in [-0.2, -0.15) is 0 Å². The summed E-state index contributed by atoms with van der Waals surface area (Å²) in [6.07, 6.45) is 6.35. The molecule has 2 unspecified atom stereocenters. The lowest BCUT2D eigenvalue weighted by atomic mass is 9.92. The molecule has 0 bridgehead atoms. The summed E-state index contributed by atoms with van der Waals surface area (Å²) in [7, 11) is 0. The number of aromatic carboxylic acids is 1. The highest BCUT2D eigenvalue weighted by molar-refractivity contribution is 8.04. The number of fused-ring (bicyclic) bond motifs is 1. The van der Waals surface area contributed by atoms with Crippen LogP contribution in [-0.2, 0) is 11.3 Å². The average molecular weight is 428 g/mol. The molecule has 2 fully saturated rings. The molecule has 2 aromatic carbocycles. The molecule has 0 spiro atoms. The molecule has 1 aliphatic carbocycles. The first-order valence-corrected chi connectivity index (χ1v) is 11.0. The van der Waals surface area contributed by atoms with Crippen molar-refractivity contribution in [2.75, 3.05) is 0 Å². The summed E-state index contributed by atoms with van der Waals surface area (Å²) in [5.74, 6) is -0.912. The molecule has 1 aliphatic heterocycles. The van der Waals surface area contributed by atoms with E-state index in [0.717, 1.165) is 35.3 Å². The molecule has 2 aliphatic rings. The number of carboxylic acids is 1. The van der Waals surface area contributed by atoms with Crippen molar-refractivity contribution in [2.45, 2.75) is 43.5 Å². The molecule has 4 nitrogen and oxygen atoms in total. The zero-order valence-electron chi connectivity index (χ0n) is 15.9. The molecule has 6 heteroatoms. The van der Waals surface area contributed by atoms with Gasteiger partial charge in [0.25, 0.3) is 5.91 Å². The van der Waals surface area contributed by atoms with Gasteiger partial charge in [0.05, 0.1) is 10.5 Å². The molecule has 1 heterocycles. The summed E-state index contributed by atoms with van der Waals surface area (Å²) in [6, 6.07) is 14.6. The van der Waals surface area contributed by atoms with Gasteiger partial charge in [-0.1, -0.05) is 48.7 Å². The Kier molecular flexibility index (Phi) is 5.97. The van der Waals surface area contributed by atoms with Crippen molar-refractivity contribution in [3.8, 4) is 0 Å². The topological polar surface area (TPSA) is 57.6 Å². The Bertz CT molecular complexity index is 957. The van der Waals surface area contributed by atoms with Crippen LogP contribution in [0.15, 0.2) is 53.4 Å². The third kappa shape index (κ3) is 4.51. The zero-order valence-corrected chi connectivity index (χ0v) is 17.5. The van der Waals surface area contributed by atoms with Crippen LogP contribution in [0.25, 0.3) is 6.08 Å². The predicted molar refractivity (Wildman–Crippen MR) is 117 cm³/mol. The molecule has 0 radical (unpaired) electrons. The molecule has 1 N–H and O–H groups in total. The first kappa shape index (κ1) is 20.0. The summed E-state index contributed by atoms with van der Waals surface area (Å²) in [4.78, 5) is 27.1. The van der Waals surface area contributed by atoms with E-state index in [4.69, 9.17) is 16.7 Å². The van der Waals surface area contributed by atoms with Crippen molar-refractivity contribution in [3.63, 3.8) is 0 Å². The van der Waals surface area contributed by atoms with Gasteiger partial charge in [0.1, 0.15) is 0 Å². The van der Waals surface area contributed by atoms with Gasteiger partial charge in [-0.3, -0.25) is 4.79 Å². The van der Waals surface area contributed by atoms with Gasteiger partial charge in [0.2, 0.25) is 0 Å².